The molecule has 1 amide bonds. The van der Waals surface area contributed by atoms with E-state index >= 15 is 0 Å². The Morgan fingerprint density at radius 2 is 2.00 bits per heavy atom. The molecule has 0 aliphatic carbocycles. The van der Waals surface area contributed by atoms with Crippen molar-refractivity contribution in [3.05, 3.63) is 47.3 Å². The van der Waals surface area contributed by atoms with Crippen LogP contribution < -0.4 is 10.2 Å². The first-order chi connectivity index (χ1) is 11.2. The lowest BCUT2D eigenvalue weighted by Crippen LogP contribution is -2.23. The van der Waals surface area contributed by atoms with Crippen LogP contribution in [0.5, 0.6) is 0 Å². The third-order valence-corrected chi connectivity index (χ3v) is 3.76. The van der Waals surface area contributed by atoms with Gasteiger partial charge in [-0.25, -0.2) is 9.97 Å². The molecule has 3 rings (SSSR count). The quantitative estimate of drug-likeness (QED) is 0.942. The van der Waals surface area contributed by atoms with E-state index in [0.29, 0.717) is 22.9 Å². The molecule has 6 heteroatoms. The van der Waals surface area contributed by atoms with Gasteiger partial charge in [0.2, 0.25) is 5.95 Å². The summed E-state index contributed by atoms with van der Waals surface area (Å²) in [5.74, 6) is 0.264. The molecule has 6 nitrogen and oxygen atoms in total. The van der Waals surface area contributed by atoms with Crippen LogP contribution in [0, 0.1) is 18.3 Å². The molecule has 0 saturated carbocycles. The monoisotopic (exact) mass is 307 g/mol. The molecule has 0 atom stereocenters. The number of aryl methyl sites for hydroxylation is 1. The van der Waals surface area contributed by atoms with Crippen molar-refractivity contribution in [3.63, 3.8) is 0 Å². The van der Waals surface area contributed by atoms with E-state index in [9.17, 15) is 4.79 Å². The summed E-state index contributed by atoms with van der Waals surface area (Å²) < 4.78 is 0. The summed E-state index contributed by atoms with van der Waals surface area (Å²) in [6, 6.07) is 10.6. The summed E-state index contributed by atoms with van der Waals surface area (Å²) in [4.78, 5) is 23.4. The normalized spacial score (nSPS) is 13.7. The van der Waals surface area contributed by atoms with Gasteiger partial charge in [-0.1, -0.05) is 12.1 Å². The lowest BCUT2D eigenvalue weighted by Gasteiger charge is -2.16. The van der Waals surface area contributed by atoms with E-state index in [2.05, 4.69) is 26.3 Å². The van der Waals surface area contributed by atoms with Crippen molar-refractivity contribution in [2.75, 3.05) is 23.3 Å². The van der Waals surface area contributed by atoms with Crippen LogP contribution >= 0.6 is 0 Å². The summed E-state index contributed by atoms with van der Waals surface area (Å²) in [5.41, 5.74) is 1.97. The summed E-state index contributed by atoms with van der Waals surface area (Å²) in [5, 5.41) is 11.9. The van der Waals surface area contributed by atoms with Crippen LogP contribution in [0.2, 0.25) is 0 Å². The first-order valence-corrected chi connectivity index (χ1v) is 7.58. The number of hydrogen-bond acceptors (Lipinski definition) is 5. The van der Waals surface area contributed by atoms with E-state index in [1.165, 1.54) is 0 Å². The van der Waals surface area contributed by atoms with Crippen molar-refractivity contribution >= 4 is 17.5 Å². The molecular formula is C17H17N5O. The van der Waals surface area contributed by atoms with E-state index in [0.717, 1.165) is 31.6 Å². The van der Waals surface area contributed by atoms with Crippen molar-refractivity contribution in [2.24, 2.45) is 0 Å². The molecule has 1 N–H and O–H groups in total. The number of anilines is 2. The number of amides is 1. The minimum atomic E-state index is -0.335. The Kier molecular flexibility index (Phi) is 4.20. The zero-order chi connectivity index (χ0) is 16.2. The Morgan fingerprint density at radius 1 is 1.26 bits per heavy atom. The zero-order valence-electron chi connectivity index (χ0n) is 12.9. The van der Waals surface area contributed by atoms with Gasteiger partial charge in [0.25, 0.3) is 5.91 Å². The van der Waals surface area contributed by atoms with E-state index < -0.39 is 0 Å². The third kappa shape index (κ3) is 3.29. The standard InChI is InChI=1S/C17H17N5O/c1-12-10-15(21-17(19-12)22-8-4-5-9-22)16(23)20-14-7-3-2-6-13(14)11-18/h2-3,6-7,10H,4-5,8-9H2,1H3,(H,20,23). The van der Waals surface area contributed by atoms with Crippen molar-refractivity contribution < 1.29 is 4.79 Å². The highest BCUT2D eigenvalue weighted by atomic mass is 16.1. The van der Waals surface area contributed by atoms with Gasteiger partial charge in [0, 0.05) is 18.8 Å². The summed E-state index contributed by atoms with van der Waals surface area (Å²) in [7, 11) is 0. The third-order valence-electron chi connectivity index (χ3n) is 3.76. The molecule has 1 fully saturated rings. The maximum absolute atomic E-state index is 12.5. The van der Waals surface area contributed by atoms with Gasteiger partial charge in [-0.15, -0.1) is 0 Å². The number of carbonyl (C=O) groups is 1. The molecule has 1 aromatic carbocycles. The first kappa shape index (κ1) is 15.0. The number of benzene rings is 1. The summed E-state index contributed by atoms with van der Waals surface area (Å²) in [6.45, 7) is 3.69. The summed E-state index contributed by atoms with van der Waals surface area (Å²) in [6.07, 6.45) is 2.24. The second-order valence-electron chi connectivity index (χ2n) is 5.50. The number of rotatable bonds is 3. The molecule has 1 aliphatic rings. The molecule has 2 aromatic rings. The molecule has 0 bridgehead atoms. The molecule has 1 saturated heterocycles. The van der Waals surface area contributed by atoms with Gasteiger partial charge in [-0.2, -0.15) is 5.26 Å². The van der Waals surface area contributed by atoms with Crippen LogP contribution in [0.25, 0.3) is 0 Å². The number of nitrogens with one attached hydrogen (secondary N) is 1. The fourth-order valence-electron chi connectivity index (χ4n) is 2.60. The second-order valence-corrected chi connectivity index (χ2v) is 5.50. The average molecular weight is 307 g/mol. The maximum atomic E-state index is 12.5. The topological polar surface area (TPSA) is 81.9 Å². The molecule has 116 valence electrons. The highest BCUT2D eigenvalue weighted by Crippen LogP contribution is 2.18. The molecule has 23 heavy (non-hydrogen) atoms. The van der Waals surface area contributed by atoms with Gasteiger partial charge in [0.05, 0.1) is 11.3 Å². The maximum Gasteiger partial charge on any atom is 0.274 e. The Morgan fingerprint density at radius 3 is 2.74 bits per heavy atom. The zero-order valence-corrected chi connectivity index (χ0v) is 12.9. The van der Waals surface area contributed by atoms with Gasteiger partial charge in [0.1, 0.15) is 11.8 Å². The first-order valence-electron chi connectivity index (χ1n) is 7.58. The van der Waals surface area contributed by atoms with Crippen LogP contribution in [0.3, 0.4) is 0 Å². The van der Waals surface area contributed by atoms with Crippen LogP contribution in [-0.2, 0) is 0 Å². The molecule has 1 aliphatic heterocycles. The van der Waals surface area contributed by atoms with Gasteiger partial charge in [-0.05, 0) is 38.0 Å². The van der Waals surface area contributed by atoms with Crippen LogP contribution in [0.4, 0.5) is 11.6 Å². The largest absolute Gasteiger partial charge is 0.341 e. The fourth-order valence-corrected chi connectivity index (χ4v) is 2.60. The lowest BCUT2D eigenvalue weighted by molar-refractivity contribution is 0.102. The SMILES string of the molecule is Cc1cc(C(=O)Nc2ccccc2C#N)nc(N2CCCC2)n1. The van der Waals surface area contributed by atoms with Crippen molar-refractivity contribution in [1.29, 1.82) is 5.26 Å². The molecule has 2 heterocycles. The predicted octanol–water partition coefficient (Wildman–Crippen LogP) is 2.51. The molecule has 0 radical (unpaired) electrons. The highest BCUT2D eigenvalue weighted by Gasteiger charge is 2.18. The molecule has 1 aromatic heterocycles. The number of hydrogen-bond donors (Lipinski definition) is 1. The second kappa shape index (κ2) is 6.44. The van der Waals surface area contributed by atoms with E-state index in [1.54, 1.807) is 30.3 Å². The van der Waals surface area contributed by atoms with E-state index in [1.807, 2.05) is 6.92 Å². The Bertz CT molecular complexity index is 775. The van der Waals surface area contributed by atoms with Crippen molar-refractivity contribution in [1.82, 2.24) is 9.97 Å². The van der Waals surface area contributed by atoms with Gasteiger partial charge >= 0.3 is 0 Å². The Balaban J connectivity index is 1.86. The van der Waals surface area contributed by atoms with E-state index in [-0.39, 0.29) is 5.91 Å². The predicted molar refractivity (Wildman–Crippen MR) is 87.3 cm³/mol. The highest BCUT2D eigenvalue weighted by molar-refractivity contribution is 6.03. The summed E-state index contributed by atoms with van der Waals surface area (Å²) >= 11 is 0. The Hall–Kier alpha value is -2.94. The Labute approximate surface area is 134 Å². The number of nitrogens with zero attached hydrogens (tertiary/aromatic N) is 4. The number of aromatic nitrogens is 2. The van der Waals surface area contributed by atoms with Gasteiger partial charge in [0.15, 0.2) is 0 Å². The van der Waals surface area contributed by atoms with Crippen molar-refractivity contribution in [2.45, 2.75) is 19.8 Å². The van der Waals surface area contributed by atoms with Crippen LogP contribution in [0.15, 0.2) is 30.3 Å². The average Bonchev–Trinajstić information content (AvgIpc) is 3.09. The number of nitriles is 1. The fraction of sp³-hybridized carbons (Fsp3) is 0.294. The smallest absolute Gasteiger partial charge is 0.274 e. The minimum Gasteiger partial charge on any atom is -0.341 e. The van der Waals surface area contributed by atoms with Crippen LogP contribution in [0.1, 0.15) is 34.6 Å². The number of para-hydroxylation sites is 1. The molecule has 0 unspecified atom stereocenters. The van der Waals surface area contributed by atoms with E-state index in [4.69, 9.17) is 5.26 Å². The van der Waals surface area contributed by atoms with Gasteiger partial charge < -0.3 is 10.2 Å². The molecule has 0 spiro atoms. The lowest BCUT2D eigenvalue weighted by atomic mass is 10.2. The number of carbonyl (C=O) groups excluding carboxylic acids is 1. The molecular weight excluding hydrogens is 290 g/mol. The minimum absolute atomic E-state index is 0.312. The van der Waals surface area contributed by atoms with Crippen LogP contribution in [-0.4, -0.2) is 29.0 Å². The van der Waals surface area contributed by atoms with Crippen molar-refractivity contribution in [3.8, 4) is 6.07 Å². The van der Waals surface area contributed by atoms with Gasteiger partial charge in [-0.3, -0.25) is 4.79 Å².